The minimum atomic E-state index is -0.932. The molecule has 2 aromatic carbocycles. The first-order chi connectivity index (χ1) is 13.6. The van der Waals surface area contributed by atoms with Gasteiger partial charge in [-0.1, -0.05) is 42.5 Å². The summed E-state index contributed by atoms with van der Waals surface area (Å²) in [5.41, 5.74) is 0.224. The van der Waals surface area contributed by atoms with Gasteiger partial charge in [0, 0.05) is 16.0 Å². The molecule has 0 spiro atoms. The maximum atomic E-state index is 12.1. The minimum absolute atomic E-state index is 0.258. The second kappa shape index (κ2) is 8.20. The molecule has 0 unspecified atom stereocenters. The Labute approximate surface area is 171 Å². The van der Waals surface area contributed by atoms with E-state index in [1.165, 1.54) is 0 Å². The molecular formula is C23H30N2O4. The van der Waals surface area contributed by atoms with Gasteiger partial charge in [-0.2, -0.15) is 5.06 Å². The van der Waals surface area contributed by atoms with Crippen LogP contribution in [0.1, 0.15) is 58.4 Å². The van der Waals surface area contributed by atoms with E-state index in [1.807, 2.05) is 47.5 Å². The highest BCUT2D eigenvalue weighted by Gasteiger charge is 2.45. The van der Waals surface area contributed by atoms with Gasteiger partial charge in [0.05, 0.1) is 5.92 Å². The van der Waals surface area contributed by atoms with E-state index in [4.69, 9.17) is 4.84 Å². The Bertz CT molecular complexity index is 877. The van der Waals surface area contributed by atoms with Crippen molar-refractivity contribution < 1.29 is 14.6 Å². The van der Waals surface area contributed by atoms with Gasteiger partial charge in [0.25, 0.3) is 0 Å². The summed E-state index contributed by atoms with van der Waals surface area (Å²) in [6.45, 7) is 8.00. The lowest BCUT2D eigenvalue weighted by Gasteiger charge is -2.52. The maximum Gasteiger partial charge on any atom is 0.213 e. The second-order valence-electron chi connectivity index (χ2n) is 9.21. The fraction of sp³-hybridized carbons (Fsp3) is 0.522. The third kappa shape index (κ3) is 4.65. The molecule has 1 heterocycles. The van der Waals surface area contributed by atoms with Gasteiger partial charge in [-0.15, -0.1) is 0 Å². The van der Waals surface area contributed by atoms with E-state index < -0.39 is 12.0 Å². The van der Waals surface area contributed by atoms with Crippen LogP contribution in [0.3, 0.4) is 0 Å². The van der Waals surface area contributed by atoms with Crippen LogP contribution < -0.4 is 0 Å². The summed E-state index contributed by atoms with van der Waals surface area (Å²) in [4.78, 5) is 29.4. The van der Waals surface area contributed by atoms with Crippen LogP contribution in [0.15, 0.2) is 42.5 Å². The molecule has 0 aromatic heterocycles. The smallest absolute Gasteiger partial charge is 0.213 e. The Kier molecular flexibility index (Phi) is 6.05. The number of aldehydes is 1. The van der Waals surface area contributed by atoms with E-state index in [1.54, 1.807) is 0 Å². The topological polar surface area (TPSA) is 72.7 Å². The number of hydrogen-bond acceptors (Lipinski definition) is 5. The van der Waals surface area contributed by atoms with Crippen LogP contribution in [0, 0.1) is 10.1 Å². The number of benzene rings is 2. The summed E-state index contributed by atoms with van der Waals surface area (Å²) in [7, 11) is 0. The fourth-order valence-electron chi connectivity index (χ4n) is 4.57. The SMILES string of the molecule is CC1(C)CCCC(C)(C)N1O[C@H](C=O)[C@H](C[N+](=O)[O-])c1ccc2ccccc2c1. The van der Waals surface area contributed by atoms with E-state index in [2.05, 4.69) is 27.7 Å². The van der Waals surface area contributed by atoms with Crippen LogP contribution in [-0.4, -0.2) is 40.0 Å². The van der Waals surface area contributed by atoms with Gasteiger partial charge in [0.2, 0.25) is 6.54 Å². The number of rotatable bonds is 7. The van der Waals surface area contributed by atoms with E-state index in [0.717, 1.165) is 35.6 Å². The molecule has 3 rings (SSSR count). The summed E-state index contributed by atoms with van der Waals surface area (Å²) in [5.74, 6) is -0.666. The van der Waals surface area contributed by atoms with Crippen molar-refractivity contribution in [2.24, 2.45) is 0 Å². The third-order valence-electron chi connectivity index (χ3n) is 5.98. The molecule has 1 aliphatic rings. The molecule has 0 saturated carbocycles. The highest BCUT2D eigenvalue weighted by Crippen LogP contribution is 2.40. The Morgan fingerprint density at radius 1 is 1.10 bits per heavy atom. The molecule has 0 aliphatic carbocycles. The Morgan fingerprint density at radius 2 is 1.72 bits per heavy atom. The first kappa shape index (κ1) is 21.4. The summed E-state index contributed by atoms with van der Waals surface area (Å²) < 4.78 is 0. The van der Waals surface area contributed by atoms with E-state index >= 15 is 0 Å². The van der Waals surface area contributed by atoms with Crippen LogP contribution in [0.4, 0.5) is 0 Å². The zero-order valence-electron chi connectivity index (χ0n) is 17.6. The number of nitrogens with zero attached hydrogens (tertiary/aromatic N) is 2. The number of nitro groups is 1. The predicted octanol–water partition coefficient (Wildman–Crippen LogP) is 4.74. The molecule has 0 bridgehead atoms. The molecule has 2 atom stereocenters. The zero-order chi connectivity index (χ0) is 21.2. The number of piperidine rings is 1. The molecule has 1 aliphatic heterocycles. The molecule has 6 nitrogen and oxygen atoms in total. The van der Waals surface area contributed by atoms with Crippen molar-refractivity contribution in [2.45, 2.75) is 70.1 Å². The molecule has 6 heteroatoms. The quantitative estimate of drug-likeness (QED) is 0.383. The second-order valence-corrected chi connectivity index (χ2v) is 9.21. The van der Waals surface area contributed by atoms with Crippen LogP contribution in [0.2, 0.25) is 0 Å². The Hall–Kier alpha value is -2.31. The molecule has 29 heavy (non-hydrogen) atoms. The van der Waals surface area contributed by atoms with E-state index in [0.29, 0.717) is 6.29 Å². The zero-order valence-corrected chi connectivity index (χ0v) is 17.6. The van der Waals surface area contributed by atoms with Gasteiger partial charge in [0.15, 0.2) is 6.29 Å². The summed E-state index contributed by atoms with van der Waals surface area (Å²) >= 11 is 0. The molecule has 156 valence electrons. The van der Waals surface area contributed by atoms with Crippen molar-refractivity contribution in [1.82, 2.24) is 5.06 Å². The largest absolute Gasteiger partial charge is 0.300 e. The lowest BCUT2D eigenvalue weighted by Crippen LogP contribution is -2.60. The van der Waals surface area contributed by atoms with Crippen molar-refractivity contribution in [3.63, 3.8) is 0 Å². The Balaban J connectivity index is 1.96. The summed E-state index contributed by atoms with van der Waals surface area (Å²) in [6.07, 6.45) is 2.74. The van der Waals surface area contributed by atoms with Crippen molar-refractivity contribution in [3.8, 4) is 0 Å². The average Bonchev–Trinajstić information content (AvgIpc) is 2.65. The Morgan fingerprint density at radius 3 is 2.31 bits per heavy atom. The molecular weight excluding hydrogens is 368 g/mol. The number of fused-ring (bicyclic) bond motifs is 1. The average molecular weight is 399 g/mol. The number of hydrogen-bond donors (Lipinski definition) is 0. The molecule has 0 N–H and O–H groups in total. The number of carbonyl (C=O) groups is 1. The van der Waals surface area contributed by atoms with Crippen molar-refractivity contribution in [1.29, 1.82) is 0 Å². The van der Waals surface area contributed by atoms with Crippen LogP contribution in [-0.2, 0) is 9.63 Å². The van der Waals surface area contributed by atoms with Crippen molar-refractivity contribution in [2.75, 3.05) is 6.54 Å². The number of hydroxylamine groups is 2. The highest BCUT2D eigenvalue weighted by molar-refractivity contribution is 5.83. The van der Waals surface area contributed by atoms with Crippen molar-refractivity contribution >= 4 is 17.1 Å². The van der Waals surface area contributed by atoms with Gasteiger partial charge >= 0.3 is 0 Å². The van der Waals surface area contributed by atoms with Gasteiger partial charge in [-0.3, -0.25) is 15.0 Å². The van der Waals surface area contributed by atoms with Gasteiger partial charge in [-0.25, -0.2) is 0 Å². The predicted molar refractivity (Wildman–Crippen MR) is 113 cm³/mol. The summed E-state index contributed by atoms with van der Waals surface area (Å²) in [5, 5.41) is 15.4. The fourth-order valence-corrected chi connectivity index (χ4v) is 4.57. The van der Waals surface area contributed by atoms with E-state index in [9.17, 15) is 14.9 Å². The molecule has 1 saturated heterocycles. The first-order valence-corrected chi connectivity index (χ1v) is 10.2. The van der Waals surface area contributed by atoms with Gasteiger partial charge in [-0.05, 0) is 63.3 Å². The standard InChI is InChI=1S/C23H30N2O4/c1-22(2)12-7-13-23(3,4)25(22)29-21(16-26)20(15-24(27)28)19-11-10-17-8-5-6-9-18(17)14-19/h5-6,8-11,14,16,20-21H,7,12-13,15H2,1-4H3/t20-,21-/m1/s1. The van der Waals surface area contributed by atoms with Crippen LogP contribution in [0.5, 0.6) is 0 Å². The van der Waals surface area contributed by atoms with Crippen molar-refractivity contribution in [3.05, 3.63) is 58.1 Å². The highest BCUT2D eigenvalue weighted by atomic mass is 16.7. The number of carbonyl (C=O) groups excluding carboxylic acids is 1. The third-order valence-corrected chi connectivity index (χ3v) is 5.98. The minimum Gasteiger partial charge on any atom is -0.300 e. The van der Waals surface area contributed by atoms with Crippen LogP contribution in [0.25, 0.3) is 10.8 Å². The van der Waals surface area contributed by atoms with E-state index in [-0.39, 0.29) is 22.5 Å². The van der Waals surface area contributed by atoms with Gasteiger partial charge < -0.3 is 4.79 Å². The normalized spacial score (nSPS) is 20.8. The summed E-state index contributed by atoms with van der Waals surface area (Å²) in [6, 6.07) is 13.6. The lowest BCUT2D eigenvalue weighted by atomic mass is 9.82. The molecule has 0 radical (unpaired) electrons. The maximum absolute atomic E-state index is 12.1. The lowest BCUT2D eigenvalue weighted by molar-refractivity contribution is -0.486. The molecule has 0 amide bonds. The first-order valence-electron chi connectivity index (χ1n) is 10.2. The monoisotopic (exact) mass is 398 g/mol. The molecule has 1 fully saturated rings. The van der Waals surface area contributed by atoms with Gasteiger partial charge in [0.1, 0.15) is 6.10 Å². The van der Waals surface area contributed by atoms with Crippen LogP contribution >= 0.6 is 0 Å². The molecule has 2 aromatic rings.